The van der Waals surface area contributed by atoms with E-state index in [4.69, 9.17) is 9.84 Å². The van der Waals surface area contributed by atoms with Crippen molar-refractivity contribution >= 4 is 11.9 Å². The minimum atomic E-state index is -0.217. The molecule has 0 aliphatic carbocycles. The molecule has 0 spiro atoms. The Hall–Kier alpha value is -1.53. The summed E-state index contributed by atoms with van der Waals surface area (Å²) in [6.45, 7) is 0.0377. The topological polar surface area (TPSA) is 87.6 Å². The van der Waals surface area contributed by atoms with E-state index >= 15 is 0 Å². The van der Waals surface area contributed by atoms with Crippen molar-refractivity contribution in [3.8, 4) is 0 Å². The van der Waals surface area contributed by atoms with Gasteiger partial charge >= 0.3 is 0 Å². The highest BCUT2D eigenvalue weighted by atomic mass is 16.5. The van der Waals surface area contributed by atoms with Crippen LogP contribution in [0.2, 0.25) is 0 Å². The number of aliphatic imine (C=N–C) groups is 1. The highest BCUT2D eigenvalue weighted by Gasteiger charge is 2.36. The van der Waals surface area contributed by atoms with Crippen LogP contribution in [0, 0.1) is 0 Å². The molecule has 1 aromatic heterocycles. The van der Waals surface area contributed by atoms with Crippen molar-refractivity contribution < 1.29 is 9.84 Å². The van der Waals surface area contributed by atoms with Crippen molar-refractivity contribution in [2.75, 3.05) is 6.61 Å². The van der Waals surface area contributed by atoms with E-state index in [1.54, 1.807) is 6.21 Å². The van der Waals surface area contributed by atoms with E-state index in [0.29, 0.717) is 11.4 Å². The number of nitrogens with zero attached hydrogens (tertiary/aromatic N) is 2. The second kappa shape index (κ2) is 4.05. The highest BCUT2D eigenvalue weighted by molar-refractivity contribution is 5.79. The number of aromatic amines is 1. The van der Waals surface area contributed by atoms with E-state index in [2.05, 4.69) is 15.0 Å². The summed E-state index contributed by atoms with van der Waals surface area (Å²) in [5.74, 6) is -0.0659. The molecule has 3 heterocycles. The lowest BCUT2D eigenvalue weighted by atomic mass is 9.98. The molecule has 1 saturated heterocycles. The van der Waals surface area contributed by atoms with Gasteiger partial charge in [-0.3, -0.25) is 9.79 Å². The third-order valence-electron chi connectivity index (χ3n) is 3.28. The van der Waals surface area contributed by atoms with Crippen LogP contribution in [0.3, 0.4) is 0 Å². The Labute approximate surface area is 97.4 Å². The van der Waals surface area contributed by atoms with Gasteiger partial charge in [0.25, 0.3) is 5.56 Å². The molecule has 6 heteroatoms. The lowest BCUT2D eigenvalue weighted by Gasteiger charge is -2.16. The van der Waals surface area contributed by atoms with Crippen molar-refractivity contribution in [1.29, 1.82) is 0 Å². The fourth-order valence-corrected chi connectivity index (χ4v) is 2.40. The number of aromatic nitrogens is 2. The maximum absolute atomic E-state index is 11.5. The van der Waals surface area contributed by atoms with Crippen LogP contribution in [0.25, 0.3) is 0 Å². The van der Waals surface area contributed by atoms with Crippen molar-refractivity contribution in [2.45, 2.75) is 31.0 Å². The van der Waals surface area contributed by atoms with Crippen LogP contribution in [0.1, 0.15) is 24.5 Å². The molecule has 90 valence electrons. The number of H-pyrrole nitrogens is 1. The monoisotopic (exact) mass is 235 g/mol. The zero-order valence-electron chi connectivity index (χ0n) is 9.17. The third kappa shape index (κ3) is 1.69. The normalized spacial score (nSPS) is 30.8. The predicted molar refractivity (Wildman–Crippen MR) is 60.7 cm³/mol. The number of ether oxygens (including phenoxy) is 1. The molecule has 3 rings (SSSR count). The maximum atomic E-state index is 11.5. The smallest absolute Gasteiger partial charge is 0.276 e. The molecule has 3 unspecified atom stereocenters. The van der Waals surface area contributed by atoms with Gasteiger partial charge < -0.3 is 14.8 Å². The molecular weight excluding hydrogens is 222 g/mol. The summed E-state index contributed by atoms with van der Waals surface area (Å²) in [5, 5.41) is 9.04. The molecule has 0 bridgehead atoms. The van der Waals surface area contributed by atoms with Gasteiger partial charge in [-0.05, 0) is 12.8 Å². The van der Waals surface area contributed by atoms with Gasteiger partial charge in [0.1, 0.15) is 5.69 Å². The first-order chi connectivity index (χ1) is 8.29. The molecule has 0 amide bonds. The summed E-state index contributed by atoms with van der Waals surface area (Å²) in [6.07, 6.45) is 4.67. The van der Waals surface area contributed by atoms with E-state index in [1.165, 1.54) is 6.33 Å². The summed E-state index contributed by atoms with van der Waals surface area (Å²) in [7, 11) is 0. The lowest BCUT2D eigenvalue weighted by Crippen LogP contribution is -2.22. The van der Waals surface area contributed by atoms with Crippen LogP contribution in [0.15, 0.2) is 16.1 Å². The first-order valence-electron chi connectivity index (χ1n) is 5.67. The molecule has 0 radical (unpaired) electrons. The van der Waals surface area contributed by atoms with Crippen molar-refractivity contribution in [3.63, 3.8) is 0 Å². The Morgan fingerprint density at radius 2 is 2.41 bits per heavy atom. The Morgan fingerprint density at radius 1 is 1.53 bits per heavy atom. The molecule has 6 nitrogen and oxygen atoms in total. The van der Waals surface area contributed by atoms with Gasteiger partial charge in [0.15, 0.2) is 0 Å². The minimum Gasteiger partial charge on any atom is -0.394 e. The average molecular weight is 235 g/mol. The van der Waals surface area contributed by atoms with Crippen molar-refractivity contribution in [3.05, 3.63) is 22.4 Å². The van der Waals surface area contributed by atoms with Crippen LogP contribution >= 0.6 is 0 Å². The largest absolute Gasteiger partial charge is 0.394 e. The maximum Gasteiger partial charge on any atom is 0.276 e. The molecule has 2 aliphatic rings. The summed E-state index contributed by atoms with van der Waals surface area (Å²) < 4.78 is 5.70. The standard InChI is InChI=1S/C11H13N3O3/c15-4-6-1-2-8(17-6)7-3-12-10-9(7)13-5-14-11(10)16/h3,5-8,15H,1-2,4H2,(H,13,14,16). The van der Waals surface area contributed by atoms with Crippen LogP contribution in [-0.2, 0) is 4.74 Å². The first kappa shape index (κ1) is 10.6. The molecule has 2 N–H and O–H groups in total. The molecule has 1 aromatic rings. The number of rotatable bonds is 2. The van der Waals surface area contributed by atoms with E-state index < -0.39 is 0 Å². The molecular formula is C11H13N3O3. The minimum absolute atomic E-state index is 0.0357. The Bertz CT molecular complexity index is 511. The second-order valence-corrected chi connectivity index (χ2v) is 4.33. The predicted octanol–water partition coefficient (Wildman–Crippen LogP) is 0.109. The Kier molecular flexibility index (Phi) is 2.53. The lowest BCUT2D eigenvalue weighted by molar-refractivity contribution is 0.00891. The summed E-state index contributed by atoms with van der Waals surface area (Å²) >= 11 is 0. The highest BCUT2D eigenvalue weighted by Crippen LogP contribution is 2.35. The SMILES string of the molecule is O=c1[nH]cnc2c1N=CC2C1CCC(CO)O1. The van der Waals surface area contributed by atoms with E-state index in [1.807, 2.05) is 0 Å². The quantitative estimate of drug-likeness (QED) is 0.761. The Morgan fingerprint density at radius 3 is 3.18 bits per heavy atom. The average Bonchev–Trinajstić information content (AvgIpc) is 2.94. The molecule has 0 saturated carbocycles. The first-order valence-corrected chi connectivity index (χ1v) is 5.67. The number of fused-ring (bicyclic) bond motifs is 1. The van der Waals surface area contributed by atoms with Gasteiger partial charge in [-0.25, -0.2) is 4.98 Å². The molecule has 0 aromatic carbocycles. The summed E-state index contributed by atoms with van der Waals surface area (Å²) in [6, 6.07) is 0. The number of hydrogen-bond acceptors (Lipinski definition) is 5. The summed E-state index contributed by atoms with van der Waals surface area (Å²) in [4.78, 5) is 22.3. The van der Waals surface area contributed by atoms with Crippen LogP contribution < -0.4 is 5.56 Å². The fourth-order valence-electron chi connectivity index (χ4n) is 2.40. The van der Waals surface area contributed by atoms with Gasteiger partial charge in [0, 0.05) is 6.21 Å². The van der Waals surface area contributed by atoms with Gasteiger partial charge in [0.05, 0.1) is 36.8 Å². The van der Waals surface area contributed by atoms with E-state index in [-0.39, 0.29) is 30.3 Å². The van der Waals surface area contributed by atoms with E-state index in [9.17, 15) is 4.79 Å². The fraction of sp³-hybridized carbons (Fsp3) is 0.545. The number of nitrogens with one attached hydrogen (secondary N) is 1. The summed E-state index contributed by atoms with van der Waals surface area (Å²) in [5.41, 5.74) is 0.844. The Balaban J connectivity index is 1.88. The molecule has 3 atom stereocenters. The third-order valence-corrected chi connectivity index (χ3v) is 3.28. The second-order valence-electron chi connectivity index (χ2n) is 4.33. The van der Waals surface area contributed by atoms with Crippen LogP contribution in [0.4, 0.5) is 5.69 Å². The van der Waals surface area contributed by atoms with Crippen LogP contribution in [-0.4, -0.2) is 40.1 Å². The van der Waals surface area contributed by atoms with Gasteiger partial charge in [-0.15, -0.1) is 0 Å². The van der Waals surface area contributed by atoms with Crippen molar-refractivity contribution in [2.24, 2.45) is 4.99 Å². The van der Waals surface area contributed by atoms with Gasteiger partial charge in [-0.2, -0.15) is 0 Å². The zero-order valence-corrected chi connectivity index (χ0v) is 9.17. The van der Waals surface area contributed by atoms with Gasteiger partial charge in [0.2, 0.25) is 0 Å². The zero-order chi connectivity index (χ0) is 11.8. The van der Waals surface area contributed by atoms with E-state index in [0.717, 1.165) is 12.8 Å². The molecule has 17 heavy (non-hydrogen) atoms. The molecule has 1 fully saturated rings. The van der Waals surface area contributed by atoms with Crippen molar-refractivity contribution in [1.82, 2.24) is 9.97 Å². The number of aliphatic hydroxyl groups is 1. The number of aliphatic hydroxyl groups excluding tert-OH is 1. The van der Waals surface area contributed by atoms with Crippen LogP contribution in [0.5, 0.6) is 0 Å². The van der Waals surface area contributed by atoms with Gasteiger partial charge in [-0.1, -0.05) is 0 Å². The number of hydrogen-bond donors (Lipinski definition) is 2. The molecule has 2 aliphatic heterocycles.